The summed E-state index contributed by atoms with van der Waals surface area (Å²) in [6.07, 6.45) is -4.88. The van der Waals surface area contributed by atoms with Crippen molar-refractivity contribution in [2.24, 2.45) is 0 Å². The zero-order valence-electron chi connectivity index (χ0n) is 9.03. The van der Waals surface area contributed by atoms with E-state index in [-0.39, 0.29) is 11.5 Å². The Morgan fingerprint density at radius 1 is 1.37 bits per heavy atom. The summed E-state index contributed by atoms with van der Waals surface area (Å²) in [7, 11) is 0. The van der Waals surface area contributed by atoms with Crippen LogP contribution in [0.4, 0.5) is 13.2 Å². The lowest BCUT2D eigenvalue weighted by Crippen LogP contribution is -2.11. The number of hydrogen-bond acceptors (Lipinski definition) is 3. The molecule has 0 aliphatic heterocycles. The number of rotatable bonds is 2. The first-order valence-electron chi connectivity index (χ1n) is 4.86. The minimum absolute atomic E-state index is 0.282. The molecule has 0 amide bonds. The summed E-state index contributed by atoms with van der Waals surface area (Å²) in [6.45, 7) is 0. The molecule has 0 fully saturated rings. The van der Waals surface area contributed by atoms with Crippen molar-refractivity contribution in [3.05, 3.63) is 39.3 Å². The average Bonchev–Trinajstić information content (AvgIpc) is 2.73. The molecule has 0 atom stereocenters. The van der Waals surface area contributed by atoms with Crippen molar-refractivity contribution in [2.45, 2.75) is 6.18 Å². The van der Waals surface area contributed by atoms with E-state index in [1.807, 2.05) is 22.6 Å². The molecule has 0 bridgehead atoms. The van der Waals surface area contributed by atoms with Crippen LogP contribution in [0.2, 0.25) is 0 Å². The summed E-state index contributed by atoms with van der Waals surface area (Å²) >= 11 is 1.97. The molecule has 0 saturated carbocycles. The van der Waals surface area contributed by atoms with Crippen LogP contribution in [0.1, 0.15) is 16.2 Å². The van der Waals surface area contributed by atoms with Crippen LogP contribution in [0, 0.1) is 3.57 Å². The lowest BCUT2D eigenvalue weighted by atomic mass is 10.2. The Balaban J connectivity index is 2.58. The third kappa shape index (κ3) is 2.88. The number of halogens is 4. The second-order valence-corrected chi connectivity index (χ2v) is 4.76. The molecule has 0 saturated heterocycles. The van der Waals surface area contributed by atoms with Crippen LogP contribution in [0.15, 0.2) is 28.7 Å². The zero-order chi connectivity index (χ0) is 14.2. The van der Waals surface area contributed by atoms with Crippen molar-refractivity contribution in [2.75, 3.05) is 0 Å². The minimum Gasteiger partial charge on any atom is -0.475 e. The Morgan fingerprint density at radius 2 is 2.05 bits per heavy atom. The summed E-state index contributed by atoms with van der Waals surface area (Å²) in [6, 6.07) is 6.36. The number of aromatic nitrogens is 1. The van der Waals surface area contributed by atoms with Crippen LogP contribution in [0.25, 0.3) is 11.5 Å². The maximum Gasteiger partial charge on any atom is 0.437 e. The van der Waals surface area contributed by atoms with Gasteiger partial charge in [-0.25, -0.2) is 9.78 Å². The highest BCUT2D eigenvalue weighted by molar-refractivity contribution is 14.1. The second-order valence-electron chi connectivity index (χ2n) is 3.51. The Labute approximate surface area is 118 Å². The highest BCUT2D eigenvalue weighted by atomic mass is 127. The molecule has 8 heteroatoms. The number of aromatic carboxylic acids is 1. The summed E-state index contributed by atoms with van der Waals surface area (Å²) < 4.78 is 43.4. The van der Waals surface area contributed by atoms with Gasteiger partial charge in [0.25, 0.3) is 0 Å². The maximum atomic E-state index is 12.6. The number of carboxylic acids is 1. The number of nitrogens with zero attached hydrogens (tertiary/aromatic N) is 1. The molecule has 19 heavy (non-hydrogen) atoms. The predicted molar refractivity (Wildman–Crippen MR) is 66.6 cm³/mol. The van der Waals surface area contributed by atoms with E-state index in [4.69, 9.17) is 9.52 Å². The topological polar surface area (TPSA) is 63.3 Å². The van der Waals surface area contributed by atoms with Gasteiger partial charge in [-0.2, -0.15) is 13.2 Å². The van der Waals surface area contributed by atoms with E-state index in [1.54, 1.807) is 12.1 Å². The molecule has 0 unspecified atom stereocenters. The first-order valence-corrected chi connectivity index (χ1v) is 5.94. The number of carboxylic acid groups (broad SMARTS) is 1. The second kappa shape index (κ2) is 4.83. The van der Waals surface area contributed by atoms with Gasteiger partial charge in [0.05, 0.1) is 0 Å². The average molecular weight is 383 g/mol. The van der Waals surface area contributed by atoms with E-state index in [9.17, 15) is 18.0 Å². The summed E-state index contributed by atoms with van der Waals surface area (Å²) in [4.78, 5) is 14.0. The number of benzene rings is 1. The van der Waals surface area contributed by atoms with Gasteiger partial charge in [-0.3, -0.25) is 0 Å². The van der Waals surface area contributed by atoms with Gasteiger partial charge in [0.15, 0.2) is 5.69 Å². The first-order chi connectivity index (χ1) is 8.79. The van der Waals surface area contributed by atoms with Crippen LogP contribution in [-0.4, -0.2) is 16.1 Å². The minimum atomic E-state index is -4.88. The fourth-order valence-electron chi connectivity index (χ4n) is 1.40. The smallest absolute Gasteiger partial charge is 0.437 e. The van der Waals surface area contributed by atoms with Gasteiger partial charge >= 0.3 is 12.1 Å². The predicted octanol–water partition coefficient (Wildman–Crippen LogP) is 3.66. The highest BCUT2D eigenvalue weighted by Crippen LogP contribution is 2.34. The molecular weight excluding hydrogens is 378 g/mol. The number of hydrogen-bond donors (Lipinski definition) is 1. The van der Waals surface area contributed by atoms with E-state index in [0.717, 1.165) is 3.57 Å². The molecular formula is C11H5F3INO3. The normalized spacial score (nSPS) is 11.6. The molecule has 1 heterocycles. The third-order valence-corrected chi connectivity index (χ3v) is 2.83. The van der Waals surface area contributed by atoms with Crippen molar-refractivity contribution < 1.29 is 27.5 Å². The molecule has 1 N–H and O–H groups in total. The Hall–Kier alpha value is -1.58. The van der Waals surface area contributed by atoms with Gasteiger partial charge in [-0.15, -0.1) is 0 Å². The fraction of sp³-hybridized carbons (Fsp3) is 0.0909. The third-order valence-electron chi connectivity index (χ3n) is 2.16. The van der Waals surface area contributed by atoms with Crippen LogP contribution in [0.5, 0.6) is 0 Å². The van der Waals surface area contributed by atoms with E-state index in [1.165, 1.54) is 12.1 Å². The van der Waals surface area contributed by atoms with E-state index in [0.29, 0.717) is 0 Å². The van der Waals surface area contributed by atoms with Gasteiger partial charge in [-0.1, -0.05) is 6.07 Å². The monoisotopic (exact) mass is 383 g/mol. The molecule has 0 aliphatic rings. The molecule has 4 nitrogen and oxygen atoms in total. The van der Waals surface area contributed by atoms with E-state index < -0.39 is 23.6 Å². The molecule has 2 rings (SSSR count). The quantitative estimate of drug-likeness (QED) is 0.805. The molecule has 1 aromatic carbocycles. The lowest BCUT2D eigenvalue weighted by Gasteiger charge is -2.00. The van der Waals surface area contributed by atoms with E-state index in [2.05, 4.69) is 4.98 Å². The Morgan fingerprint density at radius 3 is 2.53 bits per heavy atom. The van der Waals surface area contributed by atoms with Gasteiger partial charge in [0.1, 0.15) is 0 Å². The maximum absolute atomic E-state index is 12.6. The fourth-order valence-corrected chi connectivity index (χ4v) is 1.95. The molecule has 0 aliphatic carbocycles. The van der Waals surface area contributed by atoms with Crippen molar-refractivity contribution in [1.82, 2.24) is 4.98 Å². The standard InChI is InChI=1S/C11H5F3INO3/c12-11(13,14)8-7(10(17)18)19-9(16-8)5-2-1-3-6(15)4-5/h1-4H,(H,17,18). The molecule has 0 radical (unpaired) electrons. The van der Waals surface area contributed by atoms with Gasteiger partial charge < -0.3 is 9.52 Å². The van der Waals surface area contributed by atoms with Crippen LogP contribution in [0.3, 0.4) is 0 Å². The van der Waals surface area contributed by atoms with Gasteiger partial charge in [0, 0.05) is 9.13 Å². The van der Waals surface area contributed by atoms with Crippen molar-refractivity contribution in [1.29, 1.82) is 0 Å². The van der Waals surface area contributed by atoms with Crippen molar-refractivity contribution in [3.63, 3.8) is 0 Å². The first kappa shape index (κ1) is 13.8. The van der Waals surface area contributed by atoms with Gasteiger partial charge in [-0.05, 0) is 40.8 Å². The Bertz CT molecular complexity index is 636. The van der Waals surface area contributed by atoms with Crippen molar-refractivity contribution >= 4 is 28.6 Å². The summed E-state index contributed by atoms with van der Waals surface area (Å²) in [5.41, 5.74) is -1.25. The van der Waals surface area contributed by atoms with Crippen LogP contribution >= 0.6 is 22.6 Å². The number of alkyl halides is 3. The number of oxazole rings is 1. The summed E-state index contributed by atoms with van der Waals surface area (Å²) in [5, 5.41) is 8.71. The SMILES string of the molecule is O=C(O)c1oc(-c2cccc(I)c2)nc1C(F)(F)F. The Kier molecular flexibility index (Phi) is 3.52. The molecule has 0 spiro atoms. The summed E-state index contributed by atoms with van der Waals surface area (Å²) in [5.74, 6) is -3.39. The van der Waals surface area contributed by atoms with Crippen molar-refractivity contribution in [3.8, 4) is 11.5 Å². The van der Waals surface area contributed by atoms with E-state index >= 15 is 0 Å². The zero-order valence-corrected chi connectivity index (χ0v) is 11.2. The highest BCUT2D eigenvalue weighted by Gasteiger charge is 2.41. The van der Waals surface area contributed by atoms with Gasteiger partial charge in [0.2, 0.25) is 11.7 Å². The van der Waals surface area contributed by atoms with Crippen LogP contribution < -0.4 is 0 Å². The van der Waals surface area contributed by atoms with Crippen LogP contribution in [-0.2, 0) is 6.18 Å². The number of carbonyl (C=O) groups is 1. The molecule has 100 valence electrons. The molecule has 2 aromatic rings. The largest absolute Gasteiger partial charge is 0.475 e. The molecule has 1 aromatic heterocycles. The lowest BCUT2D eigenvalue weighted by molar-refractivity contribution is -0.141.